The summed E-state index contributed by atoms with van der Waals surface area (Å²) in [6.07, 6.45) is 4.65. The van der Waals surface area contributed by atoms with Crippen molar-refractivity contribution in [1.29, 1.82) is 0 Å². The summed E-state index contributed by atoms with van der Waals surface area (Å²) >= 11 is 0. The van der Waals surface area contributed by atoms with E-state index in [2.05, 4.69) is 4.98 Å². The Bertz CT molecular complexity index is 499. The number of fused-ring (bicyclic) bond motifs is 2. The van der Waals surface area contributed by atoms with E-state index in [4.69, 9.17) is 4.74 Å². The van der Waals surface area contributed by atoms with Crippen molar-refractivity contribution >= 4 is 5.57 Å². The Morgan fingerprint density at radius 3 is 2.94 bits per heavy atom. The van der Waals surface area contributed by atoms with Gasteiger partial charge in [-0.2, -0.15) is 0 Å². The lowest BCUT2D eigenvalue weighted by atomic mass is 9.89. The van der Waals surface area contributed by atoms with Gasteiger partial charge in [-0.3, -0.25) is 4.79 Å². The van der Waals surface area contributed by atoms with E-state index >= 15 is 0 Å². The zero-order valence-corrected chi connectivity index (χ0v) is 9.21. The van der Waals surface area contributed by atoms with E-state index in [1.54, 1.807) is 6.07 Å². The minimum absolute atomic E-state index is 0.0157. The monoisotopic (exact) mass is 217 g/mol. The van der Waals surface area contributed by atoms with Gasteiger partial charge in [-0.05, 0) is 42.9 Å². The Labute approximate surface area is 94.1 Å². The van der Waals surface area contributed by atoms with Crippen LogP contribution in [0.3, 0.4) is 0 Å². The van der Waals surface area contributed by atoms with Crippen molar-refractivity contribution in [2.75, 3.05) is 6.61 Å². The predicted molar refractivity (Wildman–Crippen MR) is 62.1 cm³/mol. The molecule has 2 aliphatic rings. The smallest absolute Gasteiger partial charge is 0.248 e. The first kappa shape index (κ1) is 9.85. The van der Waals surface area contributed by atoms with Crippen LogP contribution in [0.15, 0.2) is 22.5 Å². The minimum atomic E-state index is -0.0157. The molecule has 1 N–H and O–H groups in total. The molecule has 1 aliphatic carbocycles. The van der Waals surface area contributed by atoms with Gasteiger partial charge in [0.1, 0.15) is 0 Å². The first-order chi connectivity index (χ1) is 7.84. The standard InChI is InChI=1S/C13H15NO2/c15-12-6-5-10-8-16-7-9-3-1-2-4-11(9)13(10)14-12/h5-6H,1-4,7-8H2,(H,14,15). The molecule has 3 nitrogen and oxygen atoms in total. The molecule has 0 aromatic carbocycles. The third-order valence-electron chi connectivity index (χ3n) is 3.42. The number of H-pyrrole nitrogens is 1. The second kappa shape index (κ2) is 3.91. The highest BCUT2D eigenvalue weighted by molar-refractivity contribution is 5.69. The number of aromatic nitrogens is 1. The van der Waals surface area contributed by atoms with Gasteiger partial charge in [-0.1, -0.05) is 0 Å². The van der Waals surface area contributed by atoms with Crippen molar-refractivity contribution < 1.29 is 4.74 Å². The van der Waals surface area contributed by atoms with Crippen LogP contribution in [0, 0.1) is 0 Å². The van der Waals surface area contributed by atoms with E-state index in [-0.39, 0.29) is 5.56 Å². The topological polar surface area (TPSA) is 42.1 Å². The SMILES string of the molecule is O=c1ccc2c([nH]1)C1=C(CCCC1)COC2. The molecule has 1 aromatic heterocycles. The zero-order chi connectivity index (χ0) is 11.0. The maximum atomic E-state index is 11.4. The lowest BCUT2D eigenvalue weighted by molar-refractivity contribution is 0.142. The summed E-state index contributed by atoms with van der Waals surface area (Å²) < 4.78 is 5.65. The van der Waals surface area contributed by atoms with E-state index in [0.717, 1.165) is 30.7 Å². The van der Waals surface area contributed by atoms with Crippen molar-refractivity contribution in [3.05, 3.63) is 39.3 Å². The third kappa shape index (κ3) is 1.61. The number of allylic oxidation sites excluding steroid dienone is 1. The van der Waals surface area contributed by atoms with Gasteiger partial charge in [0, 0.05) is 17.3 Å². The van der Waals surface area contributed by atoms with Crippen LogP contribution in [-0.4, -0.2) is 11.6 Å². The fourth-order valence-corrected chi connectivity index (χ4v) is 2.61. The summed E-state index contributed by atoms with van der Waals surface area (Å²) in [6.45, 7) is 1.34. The summed E-state index contributed by atoms with van der Waals surface area (Å²) in [5.74, 6) is 0. The third-order valence-corrected chi connectivity index (χ3v) is 3.42. The molecule has 84 valence electrons. The van der Waals surface area contributed by atoms with Crippen LogP contribution in [0.2, 0.25) is 0 Å². The second-order valence-electron chi connectivity index (χ2n) is 4.50. The fourth-order valence-electron chi connectivity index (χ4n) is 2.61. The Balaban J connectivity index is 2.18. The van der Waals surface area contributed by atoms with E-state index in [1.165, 1.54) is 24.0 Å². The van der Waals surface area contributed by atoms with Gasteiger partial charge in [-0.25, -0.2) is 0 Å². The van der Waals surface area contributed by atoms with Crippen LogP contribution in [0.5, 0.6) is 0 Å². The Morgan fingerprint density at radius 2 is 2.00 bits per heavy atom. The highest BCUT2D eigenvalue weighted by Gasteiger charge is 2.20. The average molecular weight is 217 g/mol. The van der Waals surface area contributed by atoms with E-state index in [0.29, 0.717) is 6.61 Å². The summed E-state index contributed by atoms with van der Waals surface area (Å²) in [6, 6.07) is 3.47. The molecule has 0 saturated heterocycles. The first-order valence-corrected chi connectivity index (χ1v) is 5.86. The molecule has 0 radical (unpaired) electrons. The van der Waals surface area contributed by atoms with Gasteiger partial charge in [0.2, 0.25) is 5.56 Å². The summed E-state index contributed by atoms with van der Waals surface area (Å²) in [4.78, 5) is 14.4. The predicted octanol–water partition coefficient (Wildman–Crippen LogP) is 2.23. The van der Waals surface area contributed by atoms with Crippen LogP contribution in [0.1, 0.15) is 36.9 Å². The summed E-state index contributed by atoms with van der Waals surface area (Å²) in [5, 5.41) is 0. The molecular weight excluding hydrogens is 202 g/mol. The molecular formula is C13H15NO2. The van der Waals surface area contributed by atoms with E-state index in [9.17, 15) is 4.79 Å². The number of rotatable bonds is 0. The molecule has 3 heteroatoms. The average Bonchev–Trinajstić information content (AvgIpc) is 2.48. The van der Waals surface area contributed by atoms with Crippen LogP contribution in [0.4, 0.5) is 0 Å². The number of pyridine rings is 1. The molecule has 2 heterocycles. The van der Waals surface area contributed by atoms with Crippen molar-refractivity contribution in [1.82, 2.24) is 4.98 Å². The maximum absolute atomic E-state index is 11.4. The van der Waals surface area contributed by atoms with Crippen LogP contribution < -0.4 is 5.56 Å². The number of hydrogen-bond acceptors (Lipinski definition) is 2. The largest absolute Gasteiger partial charge is 0.372 e. The molecule has 3 rings (SSSR count). The number of ether oxygens (including phenoxy) is 1. The second-order valence-corrected chi connectivity index (χ2v) is 4.50. The highest BCUT2D eigenvalue weighted by Crippen LogP contribution is 2.34. The molecule has 0 fully saturated rings. The lowest BCUT2D eigenvalue weighted by Crippen LogP contribution is -2.11. The van der Waals surface area contributed by atoms with Gasteiger partial charge in [-0.15, -0.1) is 0 Å². The van der Waals surface area contributed by atoms with Gasteiger partial charge in [0.15, 0.2) is 0 Å². The van der Waals surface area contributed by atoms with Crippen LogP contribution in [0.25, 0.3) is 5.57 Å². The highest BCUT2D eigenvalue weighted by atomic mass is 16.5. The molecule has 0 unspecified atom stereocenters. The Hall–Kier alpha value is -1.35. The zero-order valence-electron chi connectivity index (χ0n) is 9.21. The van der Waals surface area contributed by atoms with Gasteiger partial charge >= 0.3 is 0 Å². The van der Waals surface area contributed by atoms with Crippen molar-refractivity contribution in [2.45, 2.75) is 32.3 Å². The molecule has 0 spiro atoms. The van der Waals surface area contributed by atoms with E-state index in [1.807, 2.05) is 6.07 Å². The summed E-state index contributed by atoms with van der Waals surface area (Å²) in [7, 11) is 0. The maximum Gasteiger partial charge on any atom is 0.248 e. The minimum Gasteiger partial charge on any atom is -0.372 e. The number of aromatic amines is 1. The molecule has 1 aliphatic heterocycles. The van der Waals surface area contributed by atoms with E-state index < -0.39 is 0 Å². The lowest BCUT2D eigenvalue weighted by Gasteiger charge is -2.18. The quantitative estimate of drug-likeness (QED) is 0.724. The fraction of sp³-hybridized carbons (Fsp3) is 0.462. The van der Waals surface area contributed by atoms with Crippen molar-refractivity contribution in [3.8, 4) is 0 Å². The van der Waals surface area contributed by atoms with Crippen molar-refractivity contribution in [3.63, 3.8) is 0 Å². The number of hydrogen-bond donors (Lipinski definition) is 1. The van der Waals surface area contributed by atoms with Gasteiger partial charge in [0.05, 0.1) is 13.2 Å². The molecule has 0 atom stereocenters. The molecule has 1 aromatic rings. The molecule has 0 amide bonds. The summed E-state index contributed by atoms with van der Waals surface area (Å²) in [5.41, 5.74) is 4.84. The molecule has 16 heavy (non-hydrogen) atoms. The Kier molecular flexibility index (Phi) is 2.40. The van der Waals surface area contributed by atoms with Crippen molar-refractivity contribution in [2.24, 2.45) is 0 Å². The van der Waals surface area contributed by atoms with Gasteiger partial charge < -0.3 is 9.72 Å². The molecule has 0 saturated carbocycles. The first-order valence-electron chi connectivity index (χ1n) is 5.86. The van der Waals surface area contributed by atoms with Gasteiger partial charge in [0.25, 0.3) is 0 Å². The number of nitrogens with one attached hydrogen (secondary N) is 1. The Morgan fingerprint density at radius 1 is 1.12 bits per heavy atom. The molecule has 0 bridgehead atoms. The van der Waals surface area contributed by atoms with Crippen LogP contribution >= 0.6 is 0 Å². The van der Waals surface area contributed by atoms with Crippen LogP contribution in [-0.2, 0) is 11.3 Å². The normalized spacial score (nSPS) is 20.0.